The molecule has 2 aromatic rings. The second kappa shape index (κ2) is 2.26. The quantitative estimate of drug-likeness (QED) is 0.623. The van der Waals surface area contributed by atoms with Crippen molar-refractivity contribution in [1.82, 2.24) is 0 Å². The lowest BCUT2D eigenvalue weighted by Crippen LogP contribution is -1.93. The SMILES string of the molecule is O=C1C=Nc2ccc3sccc3c21. The molecule has 0 aliphatic carbocycles. The van der Waals surface area contributed by atoms with Gasteiger partial charge in [0.25, 0.3) is 0 Å². The molecule has 2 heterocycles. The van der Waals surface area contributed by atoms with Crippen LogP contribution in [0.2, 0.25) is 0 Å². The van der Waals surface area contributed by atoms with E-state index in [0.717, 1.165) is 21.3 Å². The van der Waals surface area contributed by atoms with Crippen LogP contribution in [0.25, 0.3) is 10.1 Å². The summed E-state index contributed by atoms with van der Waals surface area (Å²) >= 11 is 1.65. The summed E-state index contributed by atoms with van der Waals surface area (Å²) in [4.78, 5) is 15.5. The average molecular weight is 187 g/mol. The maximum absolute atomic E-state index is 11.4. The monoisotopic (exact) mass is 187 g/mol. The van der Waals surface area contributed by atoms with Gasteiger partial charge < -0.3 is 0 Å². The van der Waals surface area contributed by atoms with Crippen molar-refractivity contribution in [1.29, 1.82) is 0 Å². The predicted molar refractivity (Wildman–Crippen MR) is 54.3 cm³/mol. The number of carbonyl (C=O) groups is 1. The minimum atomic E-state index is 0.0269. The third-order valence-corrected chi connectivity index (χ3v) is 3.06. The van der Waals surface area contributed by atoms with Crippen molar-refractivity contribution in [3.8, 4) is 0 Å². The lowest BCUT2D eigenvalue weighted by Gasteiger charge is -1.96. The lowest BCUT2D eigenvalue weighted by atomic mass is 10.1. The third-order valence-electron chi connectivity index (χ3n) is 2.18. The summed E-state index contributed by atoms with van der Waals surface area (Å²) < 4.78 is 1.15. The van der Waals surface area contributed by atoms with E-state index in [2.05, 4.69) is 4.99 Å². The number of thiophene rings is 1. The Morgan fingerprint density at radius 1 is 1.23 bits per heavy atom. The van der Waals surface area contributed by atoms with Crippen LogP contribution in [0.1, 0.15) is 10.4 Å². The smallest absolute Gasteiger partial charge is 0.206 e. The van der Waals surface area contributed by atoms with Crippen LogP contribution in [0.4, 0.5) is 5.69 Å². The van der Waals surface area contributed by atoms with Crippen LogP contribution in [0.5, 0.6) is 0 Å². The van der Waals surface area contributed by atoms with Crippen LogP contribution >= 0.6 is 11.3 Å². The van der Waals surface area contributed by atoms with Crippen molar-refractivity contribution in [2.75, 3.05) is 0 Å². The van der Waals surface area contributed by atoms with E-state index < -0.39 is 0 Å². The maximum atomic E-state index is 11.4. The topological polar surface area (TPSA) is 29.4 Å². The molecule has 1 aliphatic heterocycles. The number of nitrogens with zero attached hydrogens (tertiary/aromatic N) is 1. The highest BCUT2D eigenvalue weighted by atomic mass is 32.1. The van der Waals surface area contributed by atoms with Crippen LogP contribution in [0.15, 0.2) is 28.6 Å². The molecule has 1 aromatic heterocycles. The van der Waals surface area contributed by atoms with Crippen molar-refractivity contribution in [3.05, 3.63) is 29.1 Å². The van der Waals surface area contributed by atoms with Gasteiger partial charge >= 0.3 is 0 Å². The molecule has 0 amide bonds. The van der Waals surface area contributed by atoms with E-state index in [1.165, 1.54) is 6.21 Å². The molecule has 0 bridgehead atoms. The van der Waals surface area contributed by atoms with Gasteiger partial charge in [0, 0.05) is 10.1 Å². The van der Waals surface area contributed by atoms with Gasteiger partial charge in [-0.25, -0.2) is 0 Å². The van der Waals surface area contributed by atoms with Crippen molar-refractivity contribution in [3.63, 3.8) is 0 Å². The summed E-state index contributed by atoms with van der Waals surface area (Å²) in [6.07, 6.45) is 1.39. The van der Waals surface area contributed by atoms with Crippen LogP contribution in [-0.2, 0) is 0 Å². The zero-order valence-electron chi connectivity index (χ0n) is 6.65. The van der Waals surface area contributed by atoms with Crippen LogP contribution < -0.4 is 0 Å². The average Bonchev–Trinajstić information content (AvgIpc) is 2.70. The number of rotatable bonds is 0. The molecule has 2 nitrogen and oxygen atoms in total. The summed E-state index contributed by atoms with van der Waals surface area (Å²) in [5.74, 6) is 0.0269. The number of fused-ring (bicyclic) bond motifs is 3. The Morgan fingerprint density at radius 3 is 3.08 bits per heavy atom. The molecule has 13 heavy (non-hydrogen) atoms. The van der Waals surface area contributed by atoms with E-state index in [0.29, 0.717) is 0 Å². The molecule has 1 aromatic carbocycles. The fourth-order valence-corrected chi connectivity index (χ4v) is 2.39. The summed E-state index contributed by atoms with van der Waals surface area (Å²) in [6, 6.07) is 5.88. The van der Waals surface area contributed by atoms with Crippen molar-refractivity contribution in [2.45, 2.75) is 0 Å². The van der Waals surface area contributed by atoms with Gasteiger partial charge in [-0.2, -0.15) is 0 Å². The van der Waals surface area contributed by atoms with Gasteiger partial charge in [-0.1, -0.05) is 0 Å². The second-order valence-corrected chi connectivity index (χ2v) is 3.86. The van der Waals surface area contributed by atoms with E-state index in [1.807, 2.05) is 23.6 Å². The normalized spacial score (nSPS) is 14.0. The zero-order chi connectivity index (χ0) is 8.84. The van der Waals surface area contributed by atoms with E-state index in [9.17, 15) is 4.79 Å². The Labute approximate surface area is 78.5 Å². The summed E-state index contributed by atoms with van der Waals surface area (Å²) in [5, 5.41) is 3.03. The number of hydrogen-bond acceptors (Lipinski definition) is 3. The molecule has 62 valence electrons. The highest BCUT2D eigenvalue weighted by molar-refractivity contribution is 7.17. The van der Waals surface area contributed by atoms with Crippen molar-refractivity contribution in [2.24, 2.45) is 4.99 Å². The van der Waals surface area contributed by atoms with E-state index in [4.69, 9.17) is 0 Å². The molecule has 3 heteroatoms. The fourth-order valence-electron chi connectivity index (χ4n) is 1.59. The molecular weight excluding hydrogens is 182 g/mol. The summed E-state index contributed by atoms with van der Waals surface area (Å²) in [6.45, 7) is 0. The molecule has 0 atom stereocenters. The highest BCUT2D eigenvalue weighted by Gasteiger charge is 2.18. The first-order chi connectivity index (χ1) is 6.36. The van der Waals surface area contributed by atoms with Gasteiger partial charge in [-0.05, 0) is 23.6 Å². The van der Waals surface area contributed by atoms with E-state index in [1.54, 1.807) is 11.3 Å². The fraction of sp³-hybridized carbons (Fsp3) is 0. The first-order valence-corrected chi connectivity index (χ1v) is 4.83. The first kappa shape index (κ1) is 6.97. The molecule has 0 fully saturated rings. The number of benzene rings is 1. The third kappa shape index (κ3) is 0.820. The summed E-state index contributed by atoms with van der Waals surface area (Å²) in [7, 11) is 0. The maximum Gasteiger partial charge on any atom is 0.206 e. The predicted octanol–water partition coefficient (Wildman–Crippen LogP) is 2.80. The van der Waals surface area contributed by atoms with Crippen molar-refractivity contribution < 1.29 is 4.79 Å². The Bertz CT molecular complexity index is 539. The molecule has 0 saturated carbocycles. The molecule has 0 saturated heterocycles. The van der Waals surface area contributed by atoms with Gasteiger partial charge in [0.15, 0.2) is 0 Å². The molecular formula is C10H5NOS. The number of Topliss-reactive ketones (excluding diaryl/α,β-unsaturated/α-hetero) is 1. The summed E-state index contributed by atoms with van der Waals surface area (Å²) in [5.41, 5.74) is 1.56. The largest absolute Gasteiger partial charge is 0.287 e. The van der Waals surface area contributed by atoms with Gasteiger partial charge in [-0.3, -0.25) is 9.79 Å². The van der Waals surface area contributed by atoms with Gasteiger partial charge in [0.2, 0.25) is 5.78 Å². The Balaban J connectivity index is 2.53. The molecule has 0 unspecified atom stereocenters. The van der Waals surface area contributed by atoms with Gasteiger partial charge in [0.05, 0.1) is 17.5 Å². The zero-order valence-corrected chi connectivity index (χ0v) is 7.47. The molecule has 0 radical (unpaired) electrons. The number of hydrogen-bond donors (Lipinski definition) is 0. The van der Waals surface area contributed by atoms with Crippen LogP contribution in [0, 0.1) is 0 Å². The van der Waals surface area contributed by atoms with Crippen LogP contribution in [-0.4, -0.2) is 12.0 Å². The van der Waals surface area contributed by atoms with Gasteiger partial charge in [-0.15, -0.1) is 11.3 Å². The first-order valence-electron chi connectivity index (χ1n) is 3.95. The number of aliphatic imine (C=N–C) groups is 1. The Kier molecular flexibility index (Phi) is 1.21. The van der Waals surface area contributed by atoms with Gasteiger partial charge in [0.1, 0.15) is 0 Å². The Hall–Kier alpha value is -1.48. The molecule has 3 rings (SSSR count). The van der Waals surface area contributed by atoms with Crippen LogP contribution in [0.3, 0.4) is 0 Å². The molecule has 0 N–H and O–H groups in total. The number of ketones is 1. The molecule has 0 spiro atoms. The number of carbonyl (C=O) groups excluding carboxylic acids is 1. The second-order valence-electron chi connectivity index (χ2n) is 2.91. The minimum absolute atomic E-state index is 0.0269. The van der Waals surface area contributed by atoms with E-state index in [-0.39, 0.29) is 5.78 Å². The highest BCUT2D eigenvalue weighted by Crippen LogP contribution is 2.33. The minimum Gasteiger partial charge on any atom is -0.287 e. The lowest BCUT2D eigenvalue weighted by molar-refractivity contribution is 0.107. The Morgan fingerprint density at radius 2 is 2.15 bits per heavy atom. The standard InChI is InChI=1S/C10H5NOS/c12-8-5-11-7-1-2-9-6(10(7)8)3-4-13-9/h1-5H. The van der Waals surface area contributed by atoms with Crippen molar-refractivity contribution >= 4 is 39.1 Å². The van der Waals surface area contributed by atoms with E-state index >= 15 is 0 Å². The molecule has 1 aliphatic rings.